The van der Waals surface area contributed by atoms with Crippen LogP contribution in [0.3, 0.4) is 0 Å². The number of nitrogens with one attached hydrogen (secondary N) is 2. The lowest BCUT2D eigenvalue weighted by atomic mass is 9.99. The molecule has 3 rings (SSSR count). The van der Waals surface area contributed by atoms with Crippen molar-refractivity contribution in [2.75, 3.05) is 6.54 Å². The van der Waals surface area contributed by atoms with Crippen LogP contribution in [-0.2, 0) is 9.59 Å². The summed E-state index contributed by atoms with van der Waals surface area (Å²) in [5.41, 5.74) is 1.07. The van der Waals surface area contributed by atoms with Gasteiger partial charge in [0.05, 0.1) is 6.04 Å². The van der Waals surface area contributed by atoms with Crippen molar-refractivity contribution < 1.29 is 19.1 Å². The average Bonchev–Trinajstić information content (AvgIpc) is 2.98. The van der Waals surface area contributed by atoms with Gasteiger partial charge in [-0.25, -0.2) is 4.79 Å². The van der Waals surface area contributed by atoms with Gasteiger partial charge in [-0.3, -0.25) is 9.59 Å². The molecule has 7 heteroatoms. The van der Waals surface area contributed by atoms with Crippen LogP contribution in [0, 0.1) is 12.8 Å². The van der Waals surface area contributed by atoms with Crippen LogP contribution in [0.1, 0.15) is 32.3 Å². The first-order chi connectivity index (χ1) is 12.3. The van der Waals surface area contributed by atoms with Crippen LogP contribution < -0.4 is 15.4 Å². The van der Waals surface area contributed by atoms with Crippen LogP contribution in [0.15, 0.2) is 24.3 Å². The summed E-state index contributed by atoms with van der Waals surface area (Å²) in [6.07, 6.45) is 0.432. The zero-order valence-electron chi connectivity index (χ0n) is 15.3. The van der Waals surface area contributed by atoms with Gasteiger partial charge >= 0.3 is 6.09 Å². The minimum absolute atomic E-state index is 0.0699. The Kier molecular flexibility index (Phi) is 5.15. The molecule has 2 saturated heterocycles. The molecule has 0 saturated carbocycles. The van der Waals surface area contributed by atoms with Crippen molar-refractivity contribution in [2.24, 2.45) is 5.92 Å². The Morgan fingerprint density at radius 3 is 2.65 bits per heavy atom. The third-order valence-electron chi connectivity index (χ3n) is 4.76. The van der Waals surface area contributed by atoms with Gasteiger partial charge in [0.1, 0.15) is 17.8 Å². The summed E-state index contributed by atoms with van der Waals surface area (Å²) in [6.45, 7) is 6.31. The van der Waals surface area contributed by atoms with Crippen molar-refractivity contribution in [3.05, 3.63) is 29.8 Å². The molecule has 1 aromatic rings. The summed E-state index contributed by atoms with van der Waals surface area (Å²) in [5, 5.41) is 5.57. The highest BCUT2D eigenvalue weighted by Crippen LogP contribution is 2.25. The number of fused-ring (bicyclic) bond motifs is 1. The van der Waals surface area contributed by atoms with E-state index in [4.69, 9.17) is 4.74 Å². The van der Waals surface area contributed by atoms with E-state index in [1.807, 2.05) is 32.9 Å². The Labute approximate surface area is 153 Å². The van der Waals surface area contributed by atoms with Crippen molar-refractivity contribution in [1.29, 1.82) is 0 Å². The fourth-order valence-electron chi connectivity index (χ4n) is 3.50. The highest BCUT2D eigenvalue weighted by atomic mass is 16.6. The van der Waals surface area contributed by atoms with Gasteiger partial charge in [-0.2, -0.15) is 0 Å². The van der Waals surface area contributed by atoms with Gasteiger partial charge in [0.25, 0.3) is 0 Å². The fourth-order valence-corrected chi connectivity index (χ4v) is 3.50. The molecular weight excluding hydrogens is 334 g/mol. The van der Waals surface area contributed by atoms with Crippen LogP contribution >= 0.6 is 0 Å². The molecule has 2 N–H and O–H groups in total. The lowest BCUT2D eigenvalue weighted by Crippen LogP contribution is -2.61. The highest BCUT2D eigenvalue weighted by Gasteiger charge is 2.46. The molecule has 0 radical (unpaired) electrons. The molecule has 0 bridgehead atoms. The summed E-state index contributed by atoms with van der Waals surface area (Å²) in [7, 11) is 0. The molecule has 2 heterocycles. The van der Waals surface area contributed by atoms with E-state index in [0.717, 1.165) is 5.56 Å². The molecule has 2 aliphatic rings. The summed E-state index contributed by atoms with van der Waals surface area (Å²) >= 11 is 0. The van der Waals surface area contributed by atoms with E-state index in [2.05, 4.69) is 10.6 Å². The first-order valence-electron chi connectivity index (χ1n) is 8.99. The number of carbonyl (C=O) groups is 3. The number of piperazine rings is 1. The van der Waals surface area contributed by atoms with Crippen molar-refractivity contribution in [1.82, 2.24) is 15.5 Å². The minimum Gasteiger partial charge on any atom is -0.410 e. The van der Waals surface area contributed by atoms with Gasteiger partial charge in [-0.1, -0.05) is 31.5 Å². The van der Waals surface area contributed by atoms with E-state index >= 15 is 0 Å². The summed E-state index contributed by atoms with van der Waals surface area (Å²) < 4.78 is 5.26. The predicted molar refractivity (Wildman–Crippen MR) is 95.6 cm³/mol. The number of benzene rings is 1. The number of amides is 3. The second-order valence-electron chi connectivity index (χ2n) is 7.48. The molecule has 0 spiro atoms. The topological polar surface area (TPSA) is 87.7 Å². The molecular formula is C19H25N3O4. The third-order valence-corrected chi connectivity index (χ3v) is 4.76. The largest absolute Gasteiger partial charge is 0.412 e. The third kappa shape index (κ3) is 3.98. The maximum atomic E-state index is 12.6. The first kappa shape index (κ1) is 18.2. The van der Waals surface area contributed by atoms with Crippen molar-refractivity contribution in [3.63, 3.8) is 0 Å². The number of nitrogens with zero attached hydrogens (tertiary/aromatic N) is 1. The molecule has 1 aromatic carbocycles. The smallest absolute Gasteiger partial charge is 0.410 e. The molecule has 3 atom stereocenters. The van der Waals surface area contributed by atoms with Gasteiger partial charge in [0.15, 0.2) is 0 Å². The van der Waals surface area contributed by atoms with Gasteiger partial charge in [0, 0.05) is 6.54 Å². The second kappa shape index (κ2) is 7.35. The van der Waals surface area contributed by atoms with E-state index < -0.39 is 18.2 Å². The van der Waals surface area contributed by atoms with E-state index in [1.54, 1.807) is 17.0 Å². The van der Waals surface area contributed by atoms with Gasteiger partial charge in [-0.05, 0) is 37.8 Å². The van der Waals surface area contributed by atoms with Gasteiger partial charge in [-0.15, -0.1) is 0 Å². The maximum absolute atomic E-state index is 12.6. The van der Waals surface area contributed by atoms with Crippen LogP contribution in [-0.4, -0.2) is 47.5 Å². The summed E-state index contributed by atoms with van der Waals surface area (Å²) in [5.74, 6) is 0.544. The molecule has 7 nitrogen and oxygen atoms in total. The fraction of sp³-hybridized carbons (Fsp3) is 0.526. The van der Waals surface area contributed by atoms with Gasteiger partial charge in [0.2, 0.25) is 11.8 Å². The molecule has 0 aromatic heterocycles. The second-order valence-corrected chi connectivity index (χ2v) is 7.48. The Balaban J connectivity index is 1.58. The van der Waals surface area contributed by atoms with E-state index in [1.165, 1.54) is 0 Å². The zero-order valence-corrected chi connectivity index (χ0v) is 15.3. The number of rotatable bonds is 4. The number of aryl methyl sites for hydroxylation is 1. The molecule has 2 fully saturated rings. The van der Waals surface area contributed by atoms with Crippen LogP contribution in [0.25, 0.3) is 0 Å². The monoisotopic (exact) mass is 359 g/mol. The number of ether oxygens (including phenoxy) is 1. The van der Waals surface area contributed by atoms with E-state index in [9.17, 15) is 14.4 Å². The first-order valence-corrected chi connectivity index (χ1v) is 8.99. The standard InChI is InChI=1S/C19H25N3O4/c1-11(2)8-15-18(24)22-10-13(9-16(22)17(23)21-15)20-19(25)26-14-6-4-12(3)5-7-14/h4-7,11,13,15-16H,8-10H2,1-3H3,(H,20,25)(H,21,23)/t13-,15+,16-/m0/s1. The highest BCUT2D eigenvalue weighted by molar-refractivity contribution is 5.97. The zero-order chi connectivity index (χ0) is 18.8. The van der Waals surface area contributed by atoms with E-state index in [0.29, 0.717) is 31.1 Å². The Bertz CT molecular complexity index is 701. The summed E-state index contributed by atoms with van der Waals surface area (Å²) in [4.78, 5) is 38.6. The normalized spacial score (nSPS) is 25.1. The quantitative estimate of drug-likeness (QED) is 0.855. The van der Waals surface area contributed by atoms with Crippen LogP contribution in [0.5, 0.6) is 5.75 Å². The maximum Gasteiger partial charge on any atom is 0.412 e. The Morgan fingerprint density at radius 2 is 2.00 bits per heavy atom. The van der Waals surface area contributed by atoms with Crippen LogP contribution in [0.2, 0.25) is 0 Å². The van der Waals surface area contributed by atoms with E-state index in [-0.39, 0.29) is 17.9 Å². The number of hydrogen-bond donors (Lipinski definition) is 2. The lowest BCUT2D eigenvalue weighted by Gasteiger charge is -2.35. The molecule has 3 amide bonds. The number of carbonyl (C=O) groups excluding carboxylic acids is 3. The van der Waals surface area contributed by atoms with Crippen LogP contribution in [0.4, 0.5) is 4.79 Å². The molecule has 2 aliphatic heterocycles. The average molecular weight is 359 g/mol. The van der Waals surface area contributed by atoms with Crippen molar-refractivity contribution >= 4 is 17.9 Å². The lowest BCUT2D eigenvalue weighted by molar-refractivity contribution is -0.147. The number of hydrogen-bond acceptors (Lipinski definition) is 4. The molecule has 26 heavy (non-hydrogen) atoms. The molecule has 140 valence electrons. The SMILES string of the molecule is Cc1ccc(OC(=O)N[C@H]2C[C@H]3C(=O)N[C@H](CC(C)C)C(=O)N3C2)cc1. The summed E-state index contributed by atoms with van der Waals surface area (Å²) in [6, 6.07) is 5.87. The van der Waals surface area contributed by atoms with Crippen molar-refractivity contribution in [3.8, 4) is 5.75 Å². The minimum atomic E-state index is -0.578. The van der Waals surface area contributed by atoms with Gasteiger partial charge < -0.3 is 20.3 Å². The predicted octanol–water partition coefficient (Wildman–Crippen LogP) is 1.60. The Hall–Kier alpha value is -2.57. The molecule has 0 unspecified atom stereocenters. The molecule has 0 aliphatic carbocycles. The van der Waals surface area contributed by atoms with Crippen molar-refractivity contribution in [2.45, 2.75) is 51.7 Å². The Morgan fingerprint density at radius 1 is 1.31 bits per heavy atom.